The van der Waals surface area contributed by atoms with Gasteiger partial charge in [-0.2, -0.15) is 0 Å². The summed E-state index contributed by atoms with van der Waals surface area (Å²) in [5, 5.41) is 3.64. The highest BCUT2D eigenvalue weighted by Crippen LogP contribution is 2.11. The molecule has 0 unspecified atom stereocenters. The largest absolute Gasteiger partial charge is 0.450 e. The monoisotopic (exact) mass is 364 g/mol. The smallest absolute Gasteiger partial charge is 0.377 e. The maximum Gasteiger partial charge on any atom is 0.377 e. The SMILES string of the molecule is Cc1cc(C(=O)OCC(=O)N(Cc2ccccc2)Cc2ccccc2)on1. The number of hydrogen-bond acceptors (Lipinski definition) is 5. The van der Waals surface area contributed by atoms with E-state index in [1.165, 1.54) is 6.07 Å². The second-order valence-corrected chi connectivity index (χ2v) is 6.13. The highest BCUT2D eigenvalue weighted by Gasteiger charge is 2.19. The zero-order valence-electron chi connectivity index (χ0n) is 15.0. The fraction of sp³-hybridized carbons (Fsp3) is 0.190. The van der Waals surface area contributed by atoms with Crippen molar-refractivity contribution in [2.75, 3.05) is 6.61 Å². The van der Waals surface area contributed by atoms with Crippen molar-refractivity contribution in [3.63, 3.8) is 0 Å². The van der Waals surface area contributed by atoms with E-state index >= 15 is 0 Å². The van der Waals surface area contributed by atoms with Crippen LogP contribution in [0.3, 0.4) is 0 Å². The van der Waals surface area contributed by atoms with Crippen molar-refractivity contribution in [1.29, 1.82) is 0 Å². The van der Waals surface area contributed by atoms with Gasteiger partial charge in [-0.15, -0.1) is 0 Å². The number of hydrogen-bond donors (Lipinski definition) is 0. The second kappa shape index (κ2) is 8.80. The van der Waals surface area contributed by atoms with Crippen molar-refractivity contribution in [2.45, 2.75) is 20.0 Å². The van der Waals surface area contributed by atoms with Gasteiger partial charge in [0.2, 0.25) is 5.76 Å². The highest BCUT2D eigenvalue weighted by molar-refractivity contribution is 5.88. The number of nitrogens with zero attached hydrogens (tertiary/aromatic N) is 2. The lowest BCUT2D eigenvalue weighted by Gasteiger charge is -2.23. The molecule has 0 saturated carbocycles. The summed E-state index contributed by atoms with van der Waals surface area (Å²) in [6.07, 6.45) is 0. The average molecular weight is 364 g/mol. The van der Waals surface area contributed by atoms with E-state index in [4.69, 9.17) is 9.26 Å². The third kappa shape index (κ3) is 5.28. The molecule has 1 amide bonds. The van der Waals surface area contributed by atoms with Gasteiger partial charge in [0.25, 0.3) is 5.91 Å². The number of carbonyl (C=O) groups is 2. The van der Waals surface area contributed by atoms with E-state index in [-0.39, 0.29) is 18.3 Å². The molecule has 0 aliphatic carbocycles. The lowest BCUT2D eigenvalue weighted by Crippen LogP contribution is -2.33. The van der Waals surface area contributed by atoms with Crippen molar-refractivity contribution in [1.82, 2.24) is 10.1 Å². The number of aryl methyl sites for hydroxylation is 1. The number of aromatic nitrogens is 1. The number of benzene rings is 2. The quantitative estimate of drug-likeness (QED) is 0.601. The van der Waals surface area contributed by atoms with Crippen LogP contribution in [0.1, 0.15) is 27.4 Å². The molecule has 138 valence electrons. The van der Waals surface area contributed by atoms with Crippen LogP contribution < -0.4 is 0 Å². The van der Waals surface area contributed by atoms with Gasteiger partial charge in [0.05, 0.1) is 5.69 Å². The van der Waals surface area contributed by atoms with Crippen molar-refractivity contribution < 1.29 is 18.8 Å². The molecular weight excluding hydrogens is 344 g/mol. The van der Waals surface area contributed by atoms with Crippen LogP contribution in [0.15, 0.2) is 71.3 Å². The molecular formula is C21H20N2O4. The molecule has 3 aromatic rings. The van der Waals surface area contributed by atoms with Crippen LogP contribution in [0.2, 0.25) is 0 Å². The Balaban J connectivity index is 1.67. The molecule has 2 aromatic carbocycles. The van der Waals surface area contributed by atoms with Gasteiger partial charge < -0.3 is 14.2 Å². The Kier molecular flexibility index (Phi) is 5.99. The van der Waals surface area contributed by atoms with Gasteiger partial charge in [-0.3, -0.25) is 4.79 Å². The first kappa shape index (κ1) is 18.4. The predicted octanol–water partition coefficient (Wildman–Crippen LogP) is 3.37. The van der Waals surface area contributed by atoms with E-state index < -0.39 is 5.97 Å². The van der Waals surface area contributed by atoms with Gasteiger partial charge in [-0.1, -0.05) is 65.8 Å². The van der Waals surface area contributed by atoms with Crippen molar-refractivity contribution >= 4 is 11.9 Å². The first-order valence-corrected chi connectivity index (χ1v) is 8.58. The topological polar surface area (TPSA) is 72.6 Å². The summed E-state index contributed by atoms with van der Waals surface area (Å²) in [4.78, 5) is 26.3. The summed E-state index contributed by atoms with van der Waals surface area (Å²) in [6, 6.07) is 20.8. The lowest BCUT2D eigenvalue weighted by atomic mass is 10.1. The molecule has 0 spiro atoms. The molecule has 0 bridgehead atoms. The van der Waals surface area contributed by atoms with Crippen LogP contribution >= 0.6 is 0 Å². The summed E-state index contributed by atoms with van der Waals surface area (Å²) in [6.45, 7) is 2.19. The molecule has 0 atom stereocenters. The third-order valence-electron chi connectivity index (χ3n) is 3.94. The number of esters is 1. The number of rotatable bonds is 7. The van der Waals surface area contributed by atoms with Crippen LogP contribution in [0.4, 0.5) is 0 Å². The molecule has 0 N–H and O–H groups in total. The molecule has 0 fully saturated rings. The van der Waals surface area contributed by atoms with Gasteiger partial charge in [-0.05, 0) is 18.1 Å². The van der Waals surface area contributed by atoms with E-state index in [1.807, 2.05) is 60.7 Å². The Bertz CT molecular complexity index is 849. The molecule has 27 heavy (non-hydrogen) atoms. The molecule has 0 aliphatic heterocycles. The Labute approximate surface area is 157 Å². The lowest BCUT2D eigenvalue weighted by molar-refractivity contribution is -0.135. The minimum atomic E-state index is -0.705. The van der Waals surface area contributed by atoms with Crippen molar-refractivity contribution in [2.24, 2.45) is 0 Å². The van der Waals surface area contributed by atoms with Crippen LogP contribution in [0.25, 0.3) is 0 Å². The van der Waals surface area contributed by atoms with E-state index in [0.717, 1.165) is 11.1 Å². The Morgan fingerprint density at radius 1 is 0.963 bits per heavy atom. The molecule has 3 rings (SSSR count). The van der Waals surface area contributed by atoms with Gasteiger partial charge in [0, 0.05) is 19.2 Å². The normalized spacial score (nSPS) is 10.4. The standard InChI is InChI=1S/C21H20N2O4/c1-16-12-19(27-22-16)21(25)26-15-20(24)23(13-17-8-4-2-5-9-17)14-18-10-6-3-7-11-18/h2-12H,13-15H2,1H3. The van der Waals surface area contributed by atoms with Gasteiger partial charge in [0.1, 0.15) is 0 Å². The summed E-state index contributed by atoms with van der Waals surface area (Å²) in [7, 11) is 0. The van der Waals surface area contributed by atoms with E-state index in [1.54, 1.807) is 11.8 Å². The van der Waals surface area contributed by atoms with Gasteiger partial charge in [-0.25, -0.2) is 4.79 Å². The maximum atomic E-state index is 12.7. The zero-order chi connectivity index (χ0) is 19.1. The summed E-state index contributed by atoms with van der Waals surface area (Å²) in [5.74, 6) is -1.01. The minimum Gasteiger partial charge on any atom is -0.450 e. The van der Waals surface area contributed by atoms with Crippen molar-refractivity contribution in [3.8, 4) is 0 Å². The van der Waals surface area contributed by atoms with Gasteiger partial charge in [0.15, 0.2) is 6.61 Å². The number of carbonyl (C=O) groups excluding carboxylic acids is 2. The number of amides is 1. The molecule has 1 heterocycles. The Morgan fingerprint density at radius 2 is 1.52 bits per heavy atom. The first-order valence-electron chi connectivity index (χ1n) is 8.58. The highest BCUT2D eigenvalue weighted by atomic mass is 16.6. The minimum absolute atomic E-state index is 0.0158. The fourth-order valence-electron chi connectivity index (χ4n) is 2.59. The molecule has 0 radical (unpaired) electrons. The van der Waals surface area contributed by atoms with E-state index in [2.05, 4.69) is 5.16 Å². The third-order valence-corrected chi connectivity index (χ3v) is 3.94. The molecule has 1 aromatic heterocycles. The molecule has 0 aliphatic rings. The first-order chi connectivity index (χ1) is 13.1. The van der Waals surface area contributed by atoms with Crippen molar-refractivity contribution in [3.05, 3.63) is 89.3 Å². The number of ether oxygens (including phenoxy) is 1. The molecule has 6 nitrogen and oxygen atoms in total. The van der Waals surface area contributed by atoms with Crippen LogP contribution in [0, 0.1) is 6.92 Å². The summed E-state index contributed by atoms with van der Waals surface area (Å²) >= 11 is 0. The van der Waals surface area contributed by atoms with E-state index in [0.29, 0.717) is 18.8 Å². The molecule has 0 saturated heterocycles. The Hall–Kier alpha value is -3.41. The van der Waals surface area contributed by atoms with Crippen LogP contribution in [-0.2, 0) is 22.6 Å². The van der Waals surface area contributed by atoms with Crippen LogP contribution in [0.5, 0.6) is 0 Å². The predicted molar refractivity (Wildman–Crippen MR) is 98.7 cm³/mol. The van der Waals surface area contributed by atoms with E-state index in [9.17, 15) is 9.59 Å². The van der Waals surface area contributed by atoms with Gasteiger partial charge >= 0.3 is 5.97 Å². The zero-order valence-corrected chi connectivity index (χ0v) is 15.0. The Morgan fingerprint density at radius 3 is 2.00 bits per heavy atom. The average Bonchev–Trinajstić information content (AvgIpc) is 3.13. The maximum absolute atomic E-state index is 12.7. The summed E-state index contributed by atoms with van der Waals surface area (Å²) < 4.78 is 9.96. The summed E-state index contributed by atoms with van der Waals surface area (Å²) in [5.41, 5.74) is 2.57. The second-order valence-electron chi connectivity index (χ2n) is 6.13. The fourth-order valence-corrected chi connectivity index (χ4v) is 2.59. The molecule has 6 heteroatoms. The van der Waals surface area contributed by atoms with Crippen LogP contribution in [-0.4, -0.2) is 28.5 Å².